The third-order valence-corrected chi connectivity index (χ3v) is 4.24. The van der Waals surface area contributed by atoms with Crippen LogP contribution in [0.4, 0.5) is 13.2 Å². The molecular weight excluding hydrogens is 371 g/mol. The molecule has 1 aliphatic rings. The molecule has 1 heterocycles. The van der Waals surface area contributed by atoms with Gasteiger partial charge in [0, 0.05) is 39.1 Å². The fraction of sp³-hybridized carbons (Fsp3) is 0.588. The van der Waals surface area contributed by atoms with Crippen LogP contribution in [0.25, 0.3) is 0 Å². The average Bonchev–Trinajstić information content (AvgIpc) is 2.60. The number of alkyl halides is 3. The van der Waals surface area contributed by atoms with Crippen molar-refractivity contribution in [3.05, 3.63) is 29.8 Å². The van der Waals surface area contributed by atoms with Crippen LogP contribution in [0.5, 0.6) is 5.75 Å². The zero-order valence-electron chi connectivity index (χ0n) is 14.6. The van der Waals surface area contributed by atoms with Crippen LogP contribution >= 0.6 is 12.4 Å². The number of methoxy groups -OCH3 is 1. The molecule has 1 aliphatic heterocycles. The summed E-state index contributed by atoms with van der Waals surface area (Å²) in [5, 5.41) is 5.46. The van der Waals surface area contributed by atoms with Gasteiger partial charge in [0.2, 0.25) is 5.91 Å². The predicted octanol–water partition coefficient (Wildman–Crippen LogP) is 2.00. The normalized spacial score (nSPS) is 16.5. The van der Waals surface area contributed by atoms with E-state index in [-0.39, 0.29) is 24.7 Å². The number of carbonyl (C=O) groups is 1. The Bertz CT molecular complexity index is 566. The molecule has 5 nitrogen and oxygen atoms in total. The van der Waals surface area contributed by atoms with Gasteiger partial charge in [-0.1, -0.05) is 12.1 Å². The van der Waals surface area contributed by atoms with E-state index in [0.29, 0.717) is 38.3 Å². The highest BCUT2D eigenvalue weighted by atomic mass is 35.5. The van der Waals surface area contributed by atoms with Crippen LogP contribution in [0.1, 0.15) is 12.0 Å². The molecule has 1 aromatic carbocycles. The quantitative estimate of drug-likeness (QED) is 0.741. The third kappa shape index (κ3) is 7.01. The molecular formula is C17H25ClF3N3O2. The summed E-state index contributed by atoms with van der Waals surface area (Å²) in [6.45, 7) is 1.28. The Labute approximate surface area is 157 Å². The Kier molecular flexibility index (Phi) is 9.18. The van der Waals surface area contributed by atoms with E-state index in [1.54, 1.807) is 13.2 Å². The van der Waals surface area contributed by atoms with Crippen molar-refractivity contribution in [1.82, 2.24) is 15.5 Å². The Morgan fingerprint density at radius 1 is 1.35 bits per heavy atom. The summed E-state index contributed by atoms with van der Waals surface area (Å²) in [6, 6.07) is 5.64. The highest BCUT2D eigenvalue weighted by molar-refractivity contribution is 5.85. The van der Waals surface area contributed by atoms with Gasteiger partial charge in [-0.15, -0.1) is 12.4 Å². The van der Waals surface area contributed by atoms with Crippen molar-refractivity contribution in [3.63, 3.8) is 0 Å². The van der Waals surface area contributed by atoms with Gasteiger partial charge in [0.1, 0.15) is 11.8 Å². The lowest BCUT2D eigenvalue weighted by Gasteiger charge is -2.35. The van der Waals surface area contributed by atoms with Gasteiger partial charge in [-0.05, 0) is 24.1 Å². The zero-order valence-corrected chi connectivity index (χ0v) is 15.5. The number of aryl methyl sites for hydroxylation is 1. The van der Waals surface area contributed by atoms with E-state index in [0.717, 1.165) is 5.56 Å². The molecule has 2 N–H and O–H groups in total. The SMILES string of the molecule is COc1cccc(CCC(=O)NCC(N2CCNCC2)C(F)(F)F)c1.Cl. The smallest absolute Gasteiger partial charge is 0.405 e. The van der Waals surface area contributed by atoms with Crippen LogP contribution < -0.4 is 15.4 Å². The molecule has 9 heteroatoms. The van der Waals surface area contributed by atoms with Crippen molar-refractivity contribution in [1.29, 1.82) is 0 Å². The third-order valence-electron chi connectivity index (χ3n) is 4.24. The largest absolute Gasteiger partial charge is 0.497 e. The summed E-state index contributed by atoms with van der Waals surface area (Å²) in [5.74, 6) is 0.306. The summed E-state index contributed by atoms with van der Waals surface area (Å²) in [5.41, 5.74) is 0.906. The van der Waals surface area contributed by atoms with E-state index in [1.807, 2.05) is 18.2 Å². The second-order valence-electron chi connectivity index (χ2n) is 6.00. The number of benzene rings is 1. The summed E-state index contributed by atoms with van der Waals surface area (Å²) in [6.07, 6.45) is -3.77. The summed E-state index contributed by atoms with van der Waals surface area (Å²) in [7, 11) is 1.55. The van der Waals surface area contributed by atoms with E-state index in [4.69, 9.17) is 4.74 Å². The fourth-order valence-electron chi connectivity index (χ4n) is 2.83. The minimum atomic E-state index is -4.36. The minimum Gasteiger partial charge on any atom is -0.497 e. The van der Waals surface area contributed by atoms with Crippen LogP contribution in [0.15, 0.2) is 24.3 Å². The lowest BCUT2D eigenvalue weighted by atomic mass is 10.1. The van der Waals surface area contributed by atoms with Gasteiger partial charge in [-0.2, -0.15) is 13.2 Å². The van der Waals surface area contributed by atoms with Crippen molar-refractivity contribution in [2.75, 3.05) is 39.8 Å². The first-order valence-corrected chi connectivity index (χ1v) is 8.31. The molecule has 0 aromatic heterocycles. The molecule has 0 aliphatic carbocycles. The number of hydrogen-bond acceptors (Lipinski definition) is 4. The molecule has 148 valence electrons. The van der Waals surface area contributed by atoms with E-state index in [2.05, 4.69) is 10.6 Å². The number of hydrogen-bond donors (Lipinski definition) is 2. The number of ether oxygens (including phenoxy) is 1. The molecule has 0 saturated carbocycles. The number of nitrogens with one attached hydrogen (secondary N) is 2. The summed E-state index contributed by atoms with van der Waals surface area (Å²) < 4.78 is 44.9. The summed E-state index contributed by atoms with van der Waals surface area (Å²) in [4.78, 5) is 13.3. The van der Waals surface area contributed by atoms with Crippen molar-refractivity contribution < 1.29 is 22.7 Å². The van der Waals surface area contributed by atoms with Gasteiger partial charge >= 0.3 is 6.18 Å². The molecule has 0 spiro atoms. The van der Waals surface area contributed by atoms with Crippen molar-refractivity contribution in [2.24, 2.45) is 0 Å². The number of carbonyl (C=O) groups excluding carboxylic acids is 1. The monoisotopic (exact) mass is 395 g/mol. The van der Waals surface area contributed by atoms with Crippen molar-refractivity contribution in [2.45, 2.75) is 25.1 Å². The van der Waals surface area contributed by atoms with Gasteiger partial charge in [-0.3, -0.25) is 9.69 Å². The lowest BCUT2D eigenvalue weighted by Crippen LogP contribution is -2.57. The molecule has 26 heavy (non-hydrogen) atoms. The second-order valence-corrected chi connectivity index (χ2v) is 6.00. The van der Waals surface area contributed by atoms with E-state index in [9.17, 15) is 18.0 Å². The Hall–Kier alpha value is -1.51. The number of nitrogens with zero attached hydrogens (tertiary/aromatic N) is 1. The van der Waals surface area contributed by atoms with Crippen LogP contribution in [-0.4, -0.2) is 62.9 Å². The first-order chi connectivity index (χ1) is 11.9. The maximum absolute atomic E-state index is 13.3. The van der Waals surface area contributed by atoms with E-state index in [1.165, 1.54) is 4.90 Å². The van der Waals surface area contributed by atoms with Crippen LogP contribution in [0.3, 0.4) is 0 Å². The maximum Gasteiger partial charge on any atom is 0.405 e. The fourth-order valence-corrected chi connectivity index (χ4v) is 2.83. The van der Waals surface area contributed by atoms with Gasteiger partial charge in [0.25, 0.3) is 0 Å². The molecule has 1 unspecified atom stereocenters. The van der Waals surface area contributed by atoms with E-state index < -0.39 is 18.8 Å². The van der Waals surface area contributed by atoms with Gasteiger partial charge < -0.3 is 15.4 Å². The first kappa shape index (κ1) is 22.5. The maximum atomic E-state index is 13.3. The standard InChI is InChI=1S/C17H24F3N3O2.ClH/c1-25-14-4-2-3-13(11-14)5-6-16(24)22-12-15(17(18,19)20)23-9-7-21-8-10-23;/h2-4,11,15,21H,5-10,12H2,1H3,(H,22,24);1H. The molecule has 0 bridgehead atoms. The number of amides is 1. The molecule has 2 rings (SSSR count). The Morgan fingerprint density at radius 3 is 2.65 bits per heavy atom. The topological polar surface area (TPSA) is 53.6 Å². The summed E-state index contributed by atoms with van der Waals surface area (Å²) >= 11 is 0. The molecule has 1 aromatic rings. The van der Waals surface area contributed by atoms with Gasteiger partial charge in [-0.25, -0.2) is 0 Å². The molecule has 1 saturated heterocycles. The molecule has 1 atom stereocenters. The Morgan fingerprint density at radius 2 is 2.04 bits per heavy atom. The lowest BCUT2D eigenvalue weighted by molar-refractivity contribution is -0.184. The van der Waals surface area contributed by atoms with Crippen LogP contribution in [0, 0.1) is 0 Å². The Balaban J connectivity index is 0.00000338. The first-order valence-electron chi connectivity index (χ1n) is 8.31. The molecule has 0 radical (unpaired) electrons. The minimum absolute atomic E-state index is 0. The van der Waals surface area contributed by atoms with Crippen molar-refractivity contribution in [3.8, 4) is 5.75 Å². The number of rotatable bonds is 7. The molecule has 1 amide bonds. The predicted molar refractivity (Wildman–Crippen MR) is 95.9 cm³/mol. The number of piperazine rings is 1. The molecule has 1 fully saturated rings. The second kappa shape index (κ2) is 10.6. The van der Waals surface area contributed by atoms with Gasteiger partial charge in [0.15, 0.2) is 0 Å². The van der Waals surface area contributed by atoms with Gasteiger partial charge in [0.05, 0.1) is 7.11 Å². The zero-order chi connectivity index (χ0) is 18.3. The van der Waals surface area contributed by atoms with Crippen LogP contribution in [-0.2, 0) is 11.2 Å². The highest BCUT2D eigenvalue weighted by Gasteiger charge is 2.43. The number of halogens is 4. The average molecular weight is 396 g/mol. The van der Waals surface area contributed by atoms with Crippen molar-refractivity contribution >= 4 is 18.3 Å². The van der Waals surface area contributed by atoms with Crippen LogP contribution in [0.2, 0.25) is 0 Å². The highest BCUT2D eigenvalue weighted by Crippen LogP contribution is 2.24. The van der Waals surface area contributed by atoms with E-state index >= 15 is 0 Å².